The van der Waals surface area contributed by atoms with Gasteiger partial charge >= 0.3 is 0 Å². The van der Waals surface area contributed by atoms with Crippen LogP contribution in [0.15, 0.2) is 24.4 Å². The van der Waals surface area contributed by atoms with E-state index in [1.165, 1.54) is 31.6 Å². The largest absolute Gasteiger partial charge is 1.00 e. The minimum absolute atomic E-state index is 0. The van der Waals surface area contributed by atoms with Crippen LogP contribution in [-0.2, 0) is 7.05 Å². The van der Waals surface area contributed by atoms with E-state index >= 15 is 0 Å². The lowest BCUT2D eigenvalue weighted by Gasteiger charge is -2.37. The Morgan fingerprint density at radius 3 is 2.63 bits per heavy atom. The van der Waals surface area contributed by atoms with Crippen molar-refractivity contribution < 1.29 is 28.5 Å². The zero-order valence-electron chi connectivity index (χ0n) is 12.5. The van der Waals surface area contributed by atoms with E-state index in [0.29, 0.717) is 10.8 Å². The summed E-state index contributed by atoms with van der Waals surface area (Å²) in [5, 5.41) is 0. The highest BCUT2D eigenvalue weighted by Crippen LogP contribution is 2.52. The first kappa shape index (κ1) is 15.1. The molecule has 0 spiro atoms. The number of hydrogen-bond acceptors (Lipinski definition) is 1. The van der Waals surface area contributed by atoms with Crippen molar-refractivity contribution in [3.05, 3.63) is 24.4 Å². The number of hydrogen-bond donors (Lipinski definition) is 0. The summed E-state index contributed by atoms with van der Waals surface area (Å²) in [5.74, 6) is 1.38. The average molecular weight is 372 g/mol. The Labute approximate surface area is 134 Å². The van der Waals surface area contributed by atoms with Crippen LogP contribution in [0.2, 0.25) is 0 Å². The molecule has 0 amide bonds. The minimum atomic E-state index is 0. The van der Waals surface area contributed by atoms with Gasteiger partial charge in [0.1, 0.15) is 0 Å². The van der Waals surface area contributed by atoms with Gasteiger partial charge < -0.3 is 24.0 Å². The third kappa shape index (κ3) is 2.76. The molecule has 106 valence electrons. The van der Waals surface area contributed by atoms with Crippen molar-refractivity contribution >= 4 is 5.82 Å². The number of aryl methyl sites for hydroxylation is 1. The highest BCUT2D eigenvalue weighted by molar-refractivity contribution is 5.38. The average Bonchev–Trinajstić information content (AvgIpc) is 2.48. The second kappa shape index (κ2) is 4.90. The molecule has 2 atom stereocenters. The van der Waals surface area contributed by atoms with E-state index in [2.05, 4.69) is 61.7 Å². The van der Waals surface area contributed by atoms with E-state index in [1.807, 2.05) is 0 Å². The molecule has 1 saturated carbocycles. The van der Waals surface area contributed by atoms with Crippen molar-refractivity contribution in [2.24, 2.45) is 17.9 Å². The summed E-state index contributed by atoms with van der Waals surface area (Å²) in [4.78, 5) is 2.65. The summed E-state index contributed by atoms with van der Waals surface area (Å²) in [6.07, 6.45) is 6.22. The molecule has 2 fully saturated rings. The fourth-order valence-electron chi connectivity index (χ4n) is 4.54. The molecule has 2 unspecified atom stereocenters. The summed E-state index contributed by atoms with van der Waals surface area (Å²) >= 11 is 0. The van der Waals surface area contributed by atoms with E-state index in [-0.39, 0.29) is 24.0 Å². The van der Waals surface area contributed by atoms with Crippen LogP contribution in [0.4, 0.5) is 5.82 Å². The fourth-order valence-corrected chi connectivity index (χ4v) is 4.54. The van der Waals surface area contributed by atoms with Gasteiger partial charge in [0.15, 0.2) is 0 Å². The zero-order chi connectivity index (χ0) is 13.0. The van der Waals surface area contributed by atoms with Crippen LogP contribution in [0.25, 0.3) is 0 Å². The Kier molecular flexibility index (Phi) is 3.89. The first-order valence-electron chi connectivity index (χ1n) is 7.10. The summed E-state index contributed by atoms with van der Waals surface area (Å²) in [5.41, 5.74) is 1.01. The van der Waals surface area contributed by atoms with Crippen LogP contribution in [0.3, 0.4) is 0 Å². The van der Waals surface area contributed by atoms with E-state index in [0.717, 1.165) is 6.04 Å². The van der Waals surface area contributed by atoms with Crippen molar-refractivity contribution in [3.63, 3.8) is 0 Å². The Bertz CT molecular complexity index is 472. The maximum atomic E-state index is 2.65. The summed E-state index contributed by atoms with van der Waals surface area (Å²) in [6, 6.07) is 7.26. The van der Waals surface area contributed by atoms with Crippen molar-refractivity contribution in [3.8, 4) is 0 Å². The maximum absolute atomic E-state index is 2.65. The predicted molar refractivity (Wildman–Crippen MR) is 74.5 cm³/mol. The van der Waals surface area contributed by atoms with Crippen LogP contribution < -0.4 is 33.4 Å². The highest BCUT2D eigenvalue weighted by Gasteiger charge is 2.53. The van der Waals surface area contributed by atoms with Gasteiger partial charge in [0.2, 0.25) is 0 Å². The van der Waals surface area contributed by atoms with Crippen molar-refractivity contribution in [2.75, 3.05) is 11.4 Å². The van der Waals surface area contributed by atoms with Gasteiger partial charge in [-0.25, -0.2) is 4.57 Å². The van der Waals surface area contributed by atoms with Crippen LogP contribution in [0, 0.1) is 10.8 Å². The Morgan fingerprint density at radius 1 is 1.21 bits per heavy atom. The smallest absolute Gasteiger partial charge is 0.276 e. The van der Waals surface area contributed by atoms with Crippen molar-refractivity contribution in [2.45, 2.75) is 46.1 Å². The third-order valence-electron chi connectivity index (χ3n) is 4.74. The number of nitrogens with zero attached hydrogens (tertiary/aromatic N) is 2. The minimum Gasteiger partial charge on any atom is -1.00 e. The van der Waals surface area contributed by atoms with Gasteiger partial charge in [-0.3, -0.25) is 4.90 Å². The van der Waals surface area contributed by atoms with Crippen LogP contribution >= 0.6 is 0 Å². The monoisotopic (exact) mass is 372 g/mol. The Hall–Kier alpha value is -0.320. The lowest BCUT2D eigenvalue weighted by Crippen LogP contribution is -3.00. The normalized spacial score (nSPS) is 32.0. The standard InChI is InChI=1S/C16H25N2.HI/c1-15(2)9-13-10-16(3,11-15)12-18(13)14-7-5-6-8-17(14)4;/h5-8,13H,9-12H2,1-4H3;1H/q+1;/p-1. The molecule has 0 N–H and O–H groups in total. The molecule has 1 saturated heterocycles. The number of fused-ring (bicyclic) bond motifs is 2. The number of halogens is 1. The second-order valence-corrected chi connectivity index (χ2v) is 7.51. The number of rotatable bonds is 1. The lowest BCUT2D eigenvalue weighted by atomic mass is 9.65. The molecule has 19 heavy (non-hydrogen) atoms. The van der Waals surface area contributed by atoms with Gasteiger partial charge in [0, 0.05) is 11.5 Å². The van der Waals surface area contributed by atoms with E-state index in [4.69, 9.17) is 0 Å². The molecule has 0 aromatic carbocycles. The van der Waals surface area contributed by atoms with Crippen molar-refractivity contribution in [1.29, 1.82) is 0 Å². The molecule has 2 nitrogen and oxygen atoms in total. The molecule has 3 rings (SSSR count). The molecule has 0 radical (unpaired) electrons. The molecular weight excluding hydrogens is 347 g/mol. The SMILES string of the molecule is C[n+]1ccccc1N1CC2(C)CC1CC(C)(C)C2.[I-]. The summed E-state index contributed by atoms with van der Waals surface area (Å²) < 4.78 is 2.26. The molecule has 3 heteroatoms. The molecule has 2 bridgehead atoms. The zero-order valence-corrected chi connectivity index (χ0v) is 14.6. The van der Waals surface area contributed by atoms with Crippen LogP contribution in [-0.4, -0.2) is 12.6 Å². The summed E-state index contributed by atoms with van der Waals surface area (Å²) in [6.45, 7) is 8.57. The van der Waals surface area contributed by atoms with Gasteiger partial charge in [0.25, 0.3) is 5.82 Å². The van der Waals surface area contributed by atoms with Gasteiger partial charge in [-0.15, -0.1) is 0 Å². The van der Waals surface area contributed by atoms with E-state index < -0.39 is 0 Å². The van der Waals surface area contributed by atoms with Gasteiger partial charge in [-0.1, -0.05) is 26.8 Å². The first-order valence-corrected chi connectivity index (χ1v) is 7.10. The lowest BCUT2D eigenvalue weighted by molar-refractivity contribution is -0.659. The van der Waals surface area contributed by atoms with Crippen LogP contribution in [0.1, 0.15) is 40.0 Å². The van der Waals surface area contributed by atoms with Crippen molar-refractivity contribution in [1.82, 2.24) is 0 Å². The number of aromatic nitrogens is 1. The quantitative estimate of drug-likeness (QED) is 0.494. The molecule has 1 aliphatic carbocycles. The van der Waals surface area contributed by atoms with Gasteiger partial charge in [-0.2, -0.15) is 0 Å². The molecule has 2 aliphatic rings. The Morgan fingerprint density at radius 2 is 1.95 bits per heavy atom. The highest BCUT2D eigenvalue weighted by atomic mass is 127. The van der Waals surface area contributed by atoms with E-state index in [9.17, 15) is 0 Å². The number of anilines is 1. The molecule has 2 heterocycles. The summed E-state index contributed by atoms with van der Waals surface area (Å²) in [7, 11) is 2.16. The number of pyridine rings is 1. The van der Waals surface area contributed by atoms with E-state index in [1.54, 1.807) is 0 Å². The topological polar surface area (TPSA) is 7.12 Å². The van der Waals surface area contributed by atoms with Crippen LogP contribution in [0.5, 0.6) is 0 Å². The third-order valence-corrected chi connectivity index (χ3v) is 4.74. The van der Waals surface area contributed by atoms with Gasteiger partial charge in [-0.05, 0) is 30.7 Å². The molecule has 1 aliphatic heterocycles. The fraction of sp³-hybridized carbons (Fsp3) is 0.688. The molecular formula is C16H25IN2. The Balaban J connectivity index is 0.00000133. The van der Waals surface area contributed by atoms with Gasteiger partial charge in [0.05, 0.1) is 25.8 Å². The maximum Gasteiger partial charge on any atom is 0.276 e. The molecule has 1 aromatic heterocycles. The molecule has 1 aromatic rings. The second-order valence-electron chi connectivity index (χ2n) is 7.51. The predicted octanol–water partition coefficient (Wildman–Crippen LogP) is -0.0799. The first-order chi connectivity index (χ1) is 8.39.